The van der Waals surface area contributed by atoms with E-state index in [1.54, 1.807) is 0 Å². The van der Waals surface area contributed by atoms with Crippen LogP contribution in [0.1, 0.15) is 277 Å². The van der Waals surface area contributed by atoms with Crippen LogP contribution in [0.5, 0.6) is 0 Å². The Morgan fingerprint density at radius 2 is 0.687 bits per heavy atom. The van der Waals surface area contributed by atoms with Crippen molar-refractivity contribution in [3.05, 3.63) is 122 Å². The molecule has 0 saturated heterocycles. The monoisotopic (exact) mass is 1180 g/mol. The van der Waals surface area contributed by atoms with Crippen LogP contribution in [-0.4, -0.2) is 70.0 Å². The lowest BCUT2D eigenvalue weighted by atomic mass is 10.0. The third-order valence-electron chi connectivity index (χ3n) is 14.2. The molecule has 0 aromatic heterocycles. The van der Waals surface area contributed by atoms with Crippen molar-refractivity contribution in [1.29, 1.82) is 0 Å². The van der Waals surface area contributed by atoms with Gasteiger partial charge >= 0.3 is 11.9 Å². The van der Waals surface area contributed by atoms with Crippen molar-refractivity contribution in [2.75, 3.05) is 47.5 Å². The molecule has 2 atom stereocenters. The normalized spacial score (nSPS) is 14.0. The number of nitrogens with zero attached hydrogens (tertiary/aromatic N) is 1. The fourth-order valence-electron chi connectivity index (χ4n) is 9.06. The number of carbonyl (C=O) groups excluding carboxylic acids is 2. The maximum absolute atomic E-state index is 12.8. The smallest absolute Gasteiger partial charge is 0.306 e. The second kappa shape index (κ2) is 62.9. The number of phosphoric acid groups is 1. The largest absolute Gasteiger partial charge is 0.756 e. The summed E-state index contributed by atoms with van der Waals surface area (Å²) in [6.07, 6.45) is 89.8. The highest BCUT2D eigenvalue weighted by atomic mass is 31.2. The van der Waals surface area contributed by atoms with E-state index in [0.29, 0.717) is 17.4 Å². The van der Waals surface area contributed by atoms with E-state index in [4.69, 9.17) is 18.5 Å². The standard InChI is InChI=1S/C73H126NO8P/c1-6-8-10-12-14-16-18-20-22-24-26-27-28-29-30-31-32-33-34-35-36-37-38-39-40-41-42-43-44-45-46-47-48-50-52-54-56-58-60-62-64-66-73(76)82-71(70-81-83(77,78)80-68-67-74(3,4)5)69-79-72(75)65-63-61-59-57-55-53-51-49-25-23-21-19-17-15-13-11-9-7-2/h8,10,14,16,20,22-23,25-27,29-30,32-33,35-36,38-39,41-42,71H,6-7,9,11-13,15,17-19,21,24,28,31,34,37,40,43-70H2,1-5H3/b10-8-,16-14-,22-20-,25-23-,27-26-,30-29-,33-32-,36-35-,39-38-,42-41-. The number of rotatable bonds is 61. The Balaban J connectivity index is 4.04. The molecule has 83 heavy (non-hydrogen) atoms. The number of allylic oxidation sites excluding steroid dienone is 20. The number of ether oxygens (including phenoxy) is 2. The van der Waals surface area contributed by atoms with Crippen LogP contribution < -0.4 is 4.89 Å². The summed E-state index contributed by atoms with van der Waals surface area (Å²) < 4.78 is 34.2. The highest BCUT2D eigenvalue weighted by Crippen LogP contribution is 2.38. The Labute approximate surface area is 511 Å². The first-order valence-electron chi connectivity index (χ1n) is 33.7. The molecule has 0 radical (unpaired) electrons. The minimum Gasteiger partial charge on any atom is -0.756 e. The SMILES string of the molecule is CC/C=C\C/C=C\C/C=C\C/C=C\C/C=C\C/C=C\C/C=C\C/C=C\C/C=C\CCCCCCCCCCCCCCCC(=O)OC(COC(=O)CCCCCCCCC/C=C\CCCCCCCCC)COP(=O)([O-])OCC[N+](C)(C)C. The van der Waals surface area contributed by atoms with E-state index < -0.39 is 26.5 Å². The third-order valence-corrected chi connectivity index (χ3v) is 15.2. The molecule has 0 bridgehead atoms. The van der Waals surface area contributed by atoms with Gasteiger partial charge in [0.15, 0.2) is 6.10 Å². The molecule has 0 amide bonds. The molecule has 0 aliphatic rings. The van der Waals surface area contributed by atoms with Gasteiger partial charge in [-0.3, -0.25) is 14.2 Å². The lowest BCUT2D eigenvalue weighted by Crippen LogP contribution is -2.37. The first kappa shape index (κ1) is 79.4. The van der Waals surface area contributed by atoms with Crippen LogP contribution in [0.15, 0.2) is 122 Å². The molecular formula is C73H126NO8P. The van der Waals surface area contributed by atoms with Crippen LogP contribution in [0.4, 0.5) is 0 Å². The summed E-state index contributed by atoms with van der Waals surface area (Å²) in [4.78, 5) is 38.0. The Morgan fingerprint density at radius 3 is 1.04 bits per heavy atom. The highest BCUT2D eigenvalue weighted by molar-refractivity contribution is 7.45. The summed E-state index contributed by atoms with van der Waals surface area (Å²) >= 11 is 0. The molecule has 0 rings (SSSR count). The molecule has 0 aromatic rings. The van der Waals surface area contributed by atoms with Gasteiger partial charge in [0, 0.05) is 12.8 Å². The van der Waals surface area contributed by atoms with Crippen molar-refractivity contribution in [3.8, 4) is 0 Å². The lowest BCUT2D eigenvalue weighted by molar-refractivity contribution is -0.870. The minimum absolute atomic E-state index is 0.0353. The van der Waals surface area contributed by atoms with Gasteiger partial charge in [0.25, 0.3) is 7.82 Å². The topological polar surface area (TPSA) is 111 Å². The van der Waals surface area contributed by atoms with Gasteiger partial charge in [0.05, 0.1) is 27.7 Å². The molecule has 10 heteroatoms. The maximum Gasteiger partial charge on any atom is 0.306 e. The molecule has 476 valence electrons. The summed E-state index contributed by atoms with van der Waals surface area (Å²) in [5.41, 5.74) is 0. The average Bonchev–Trinajstić information content (AvgIpc) is 3.48. The summed E-state index contributed by atoms with van der Waals surface area (Å²) in [6.45, 7) is 4.13. The van der Waals surface area contributed by atoms with E-state index in [1.807, 2.05) is 21.1 Å². The number of hydrogen-bond acceptors (Lipinski definition) is 8. The second-order valence-corrected chi connectivity index (χ2v) is 24.9. The van der Waals surface area contributed by atoms with Crippen LogP contribution in [0, 0.1) is 0 Å². The number of unbranched alkanes of at least 4 members (excludes halogenated alkanes) is 27. The fourth-order valence-corrected chi connectivity index (χ4v) is 9.78. The van der Waals surface area contributed by atoms with Gasteiger partial charge in [0.1, 0.15) is 19.8 Å². The first-order valence-corrected chi connectivity index (χ1v) is 35.2. The second-order valence-electron chi connectivity index (χ2n) is 23.5. The predicted molar refractivity (Wildman–Crippen MR) is 355 cm³/mol. The molecule has 0 aliphatic heterocycles. The molecule has 2 unspecified atom stereocenters. The van der Waals surface area contributed by atoms with Gasteiger partial charge in [0.2, 0.25) is 0 Å². The zero-order valence-electron chi connectivity index (χ0n) is 54.1. The number of esters is 2. The number of likely N-dealkylation sites (N-methyl/N-ethyl adjacent to an activating group) is 1. The molecule has 0 aliphatic carbocycles. The maximum atomic E-state index is 12.8. The van der Waals surface area contributed by atoms with E-state index in [0.717, 1.165) is 109 Å². The Morgan fingerprint density at radius 1 is 0.386 bits per heavy atom. The van der Waals surface area contributed by atoms with E-state index in [1.165, 1.54) is 135 Å². The van der Waals surface area contributed by atoms with Crippen molar-refractivity contribution >= 4 is 19.8 Å². The van der Waals surface area contributed by atoms with E-state index in [-0.39, 0.29) is 32.0 Å². The number of phosphoric ester groups is 1. The van der Waals surface area contributed by atoms with Gasteiger partial charge in [-0.1, -0.05) is 277 Å². The van der Waals surface area contributed by atoms with Crippen molar-refractivity contribution in [2.45, 2.75) is 283 Å². The first-order chi connectivity index (χ1) is 40.5. The molecule has 0 fully saturated rings. The number of quaternary nitrogens is 1. The van der Waals surface area contributed by atoms with Crippen molar-refractivity contribution in [1.82, 2.24) is 0 Å². The Bertz CT molecular complexity index is 1820. The van der Waals surface area contributed by atoms with Crippen LogP contribution >= 0.6 is 7.82 Å². The van der Waals surface area contributed by atoms with Crippen LogP contribution in [-0.2, 0) is 32.7 Å². The van der Waals surface area contributed by atoms with E-state index >= 15 is 0 Å². The number of carbonyl (C=O) groups is 2. The molecule has 0 aromatic carbocycles. The Kier molecular flexibility index (Phi) is 60.2. The summed E-state index contributed by atoms with van der Waals surface area (Å²) in [7, 11) is 1.16. The van der Waals surface area contributed by atoms with Gasteiger partial charge in [-0.2, -0.15) is 0 Å². The molecule has 0 spiro atoms. The minimum atomic E-state index is -4.64. The van der Waals surface area contributed by atoms with Crippen LogP contribution in [0.25, 0.3) is 0 Å². The molecule has 0 N–H and O–H groups in total. The van der Waals surface area contributed by atoms with Crippen LogP contribution in [0.2, 0.25) is 0 Å². The number of hydrogen-bond donors (Lipinski definition) is 0. The van der Waals surface area contributed by atoms with Gasteiger partial charge in [-0.15, -0.1) is 0 Å². The van der Waals surface area contributed by atoms with Crippen molar-refractivity contribution < 1.29 is 42.1 Å². The van der Waals surface area contributed by atoms with Crippen molar-refractivity contribution in [3.63, 3.8) is 0 Å². The zero-order chi connectivity index (χ0) is 60.5. The summed E-state index contributed by atoms with van der Waals surface area (Å²) in [5.74, 6) is -0.838. The van der Waals surface area contributed by atoms with E-state index in [2.05, 4.69) is 135 Å². The van der Waals surface area contributed by atoms with Gasteiger partial charge in [-0.25, -0.2) is 0 Å². The zero-order valence-corrected chi connectivity index (χ0v) is 55.0. The van der Waals surface area contributed by atoms with Crippen LogP contribution in [0.3, 0.4) is 0 Å². The van der Waals surface area contributed by atoms with Crippen molar-refractivity contribution in [2.24, 2.45) is 0 Å². The average molecular weight is 1180 g/mol. The Hall–Kier alpha value is -3.59. The fraction of sp³-hybridized carbons (Fsp3) is 0.699. The van der Waals surface area contributed by atoms with Gasteiger partial charge in [-0.05, 0) is 109 Å². The molecular weight excluding hydrogens is 1050 g/mol. The summed E-state index contributed by atoms with van der Waals surface area (Å²) in [5, 5.41) is 0. The molecule has 0 saturated carbocycles. The third kappa shape index (κ3) is 67.4. The molecule has 9 nitrogen and oxygen atoms in total. The highest BCUT2D eigenvalue weighted by Gasteiger charge is 2.22. The molecule has 0 heterocycles. The summed E-state index contributed by atoms with van der Waals surface area (Å²) in [6, 6.07) is 0. The quantitative estimate of drug-likeness (QED) is 0.0195. The predicted octanol–water partition coefficient (Wildman–Crippen LogP) is 21.2. The van der Waals surface area contributed by atoms with Gasteiger partial charge < -0.3 is 27.9 Å². The van der Waals surface area contributed by atoms with E-state index in [9.17, 15) is 19.0 Å². The lowest BCUT2D eigenvalue weighted by Gasteiger charge is -2.28.